The minimum Gasteiger partial charge on any atom is -0.382 e. The molecule has 11 heteroatoms. The first-order valence-corrected chi connectivity index (χ1v) is 14.9. The molecule has 1 saturated heterocycles. The topological polar surface area (TPSA) is 86.7 Å². The molecule has 2 N–H and O–H groups in total. The van der Waals surface area contributed by atoms with Crippen LogP contribution in [-0.4, -0.2) is 75.3 Å². The Balaban J connectivity index is 1.74. The van der Waals surface area contributed by atoms with Crippen LogP contribution in [0.15, 0.2) is 48.5 Å². The van der Waals surface area contributed by atoms with Crippen molar-refractivity contribution in [2.75, 3.05) is 12.2 Å². The summed E-state index contributed by atoms with van der Waals surface area (Å²) in [4.78, 5) is 14.5. The lowest BCUT2D eigenvalue weighted by atomic mass is 9.80. The Kier molecular flexibility index (Phi) is 7.60. The summed E-state index contributed by atoms with van der Waals surface area (Å²) in [6, 6.07) is 15.5. The van der Waals surface area contributed by atoms with E-state index in [1.807, 2.05) is 24.3 Å². The summed E-state index contributed by atoms with van der Waals surface area (Å²) in [6.07, 6.45) is 1.01. The highest BCUT2D eigenvalue weighted by Gasteiger charge is 2.61. The van der Waals surface area contributed by atoms with E-state index >= 15 is 0 Å². The summed E-state index contributed by atoms with van der Waals surface area (Å²) in [5, 5.41) is 10.8. The van der Waals surface area contributed by atoms with Gasteiger partial charge in [-0.2, -0.15) is 0 Å². The number of benzene rings is 2. The first-order valence-electron chi connectivity index (χ1n) is 12.1. The Bertz CT molecular complexity index is 1200. The molecular weight excluding hydrogens is 496 g/mol. The Morgan fingerprint density at radius 2 is 1.89 bits per heavy atom. The van der Waals surface area contributed by atoms with Gasteiger partial charge in [0, 0.05) is 28.6 Å². The summed E-state index contributed by atoms with van der Waals surface area (Å²) in [7, 11) is 5.26. The van der Waals surface area contributed by atoms with E-state index in [2.05, 4.69) is 55.3 Å². The van der Waals surface area contributed by atoms with Crippen molar-refractivity contribution in [1.29, 1.82) is 0 Å². The monoisotopic (exact) mass is 530 g/mol. The van der Waals surface area contributed by atoms with Gasteiger partial charge in [0.1, 0.15) is 21.8 Å². The summed E-state index contributed by atoms with van der Waals surface area (Å²) >= 11 is 0. The highest BCUT2D eigenvalue weighted by Crippen LogP contribution is 2.56. The van der Waals surface area contributed by atoms with Crippen molar-refractivity contribution in [2.45, 2.75) is 49.3 Å². The zero-order valence-electron chi connectivity index (χ0n) is 20.6. The fourth-order valence-electron chi connectivity index (χ4n) is 5.21. The molecular formula is C24H34B2N2O4P2S. The van der Waals surface area contributed by atoms with Gasteiger partial charge in [0.15, 0.2) is 0 Å². The number of hydrogen-bond donors (Lipinski definition) is 2. The summed E-state index contributed by atoms with van der Waals surface area (Å²) < 4.78 is 28.3. The number of amides is 1. The van der Waals surface area contributed by atoms with Crippen LogP contribution in [0.1, 0.15) is 25.3 Å². The minimum absolute atomic E-state index is 0.0132. The zero-order valence-corrected chi connectivity index (χ0v) is 23.7. The number of rotatable bonds is 8. The van der Waals surface area contributed by atoms with Crippen molar-refractivity contribution in [3.05, 3.63) is 54.1 Å². The van der Waals surface area contributed by atoms with E-state index < -0.39 is 21.0 Å². The van der Waals surface area contributed by atoms with Gasteiger partial charge in [-0.3, -0.25) is 4.79 Å². The highest BCUT2D eigenvalue weighted by molar-refractivity contribution is 7.90. The predicted octanol–water partition coefficient (Wildman–Crippen LogP) is -0.149. The van der Waals surface area contributed by atoms with Gasteiger partial charge in [-0.05, 0) is 37.3 Å². The molecule has 4 rings (SSSR count). The summed E-state index contributed by atoms with van der Waals surface area (Å²) in [6.45, 7) is 2.22. The molecule has 1 heterocycles. The van der Waals surface area contributed by atoms with Crippen molar-refractivity contribution in [3.63, 3.8) is 0 Å². The fraction of sp³-hybridized carbons (Fsp3) is 0.458. The van der Waals surface area contributed by atoms with Crippen LogP contribution in [0.25, 0.3) is 11.1 Å². The van der Waals surface area contributed by atoms with Crippen LogP contribution in [0.3, 0.4) is 0 Å². The number of hydrogen-bond acceptors (Lipinski definition) is 4. The summed E-state index contributed by atoms with van der Waals surface area (Å²) in [5.41, 5.74) is 4.13. The van der Waals surface area contributed by atoms with Crippen LogP contribution >= 0.6 is 18.5 Å². The van der Waals surface area contributed by atoms with E-state index in [-0.39, 0.29) is 29.1 Å². The number of aliphatic hydroxyl groups is 1. The maximum atomic E-state index is 13.5. The van der Waals surface area contributed by atoms with Crippen molar-refractivity contribution in [3.8, 4) is 11.1 Å². The third-order valence-corrected chi connectivity index (χ3v) is 9.58. The van der Waals surface area contributed by atoms with E-state index in [1.165, 1.54) is 0 Å². The molecule has 0 bridgehead atoms. The molecule has 0 radical (unpaired) electrons. The Hall–Kier alpha value is -1.23. The molecule has 1 aliphatic heterocycles. The number of carbonyl (C=O) groups is 1. The third kappa shape index (κ3) is 5.55. The van der Waals surface area contributed by atoms with Gasteiger partial charge in [-0.15, -0.1) is 18.5 Å². The minimum atomic E-state index is -3.48. The molecule has 0 aromatic heterocycles. The van der Waals surface area contributed by atoms with Crippen molar-refractivity contribution in [2.24, 2.45) is 5.41 Å². The highest BCUT2D eigenvalue weighted by atomic mass is 32.2. The zero-order chi connectivity index (χ0) is 25.6. The molecule has 6 nitrogen and oxygen atoms in total. The molecule has 5 atom stereocenters. The van der Waals surface area contributed by atoms with E-state index in [0.29, 0.717) is 13.0 Å². The maximum absolute atomic E-state index is 13.5. The lowest BCUT2D eigenvalue weighted by Gasteiger charge is -2.34. The van der Waals surface area contributed by atoms with Gasteiger partial charge in [0.25, 0.3) is 5.91 Å². The van der Waals surface area contributed by atoms with E-state index in [1.54, 1.807) is 19.7 Å². The molecule has 5 unspecified atom stereocenters. The van der Waals surface area contributed by atoms with Crippen LogP contribution in [0, 0.1) is 5.41 Å². The number of nitrogens with zero attached hydrogens (tertiary/aromatic N) is 1. The van der Waals surface area contributed by atoms with Gasteiger partial charge in [-0.1, -0.05) is 59.6 Å². The molecule has 2 fully saturated rings. The van der Waals surface area contributed by atoms with Crippen LogP contribution < -0.4 is 10.2 Å². The number of carbonyl (C=O) groups excluding carboxylic acids is 1. The number of aliphatic hydroxyl groups excluding tert-OH is 1. The predicted molar refractivity (Wildman–Crippen MR) is 154 cm³/mol. The average Bonchev–Trinajstić information content (AvgIpc) is 3.54. The smallest absolute Gasteiger partial charge is 0.253 e. The quantitative estimate of drug-likeness (QED) is 0.368. The van der Waals surface area contributed by atoms with Crippen LogP contribution in [0.4, 0.5) is 0 Å². The first kappa shape index (κ1) is 26.8. The molecule has 35 heavy (non-hydrogen) atoms. The van der Waals surface area contributed by atoms with Crippen molar-refractivity contribution >= 4 is 55.6 Å². The van der Waals surface area contributed by atoms with Gasteiger partial charge >= 0.3 is 0 Å². The molecule has 2 aromatic rings. The maximum Gasteiger partial charge on any atom is 0.253 e. The normalized spacial score (nSPS) is 22.3. The Labute approximate surface area is 215 Å². The molecule has 1 aliphatic carbocycles. The standard InChI is InChI=1S/C24H34B2N2O4P2S/c1-23(33,34)21(29)22(30)28-13-24(10-11-24)20(27-35(31,32)14-25)18(28)12-16-8-5-9-17(19(16)26)15-6-3-2-4-7-15/h2-9,18,20-21,27,29H,10-14,25-26,33-34H2,1H3. The Morgan fingerprint density at radius 1 is 1.23 bits per heavy atom. The largest absolute Gasteiger partial charge is 0.382 e. The third-order valence-electron chi connectivity index (χ3n) is 7.57. The van der Waals surface area contributed by atoms with Crippen LogP contribution in [0.5, 0.6) is 0 Å². The van der Waals surface area contributed by atoms with Crippen LogP contribution in [0.2, 0.25) is 0 Å². The van der Waals surface area contributed by atoms with Gasteiger partial charge in [-0.25, -0.2) is 13.1 Å². The van der Waals surface area contributed by atoms with Gasteiger partial charge in [0.05, 0.1) is 6.04 Å². The van der Waals surface area contributed by atoms with Crippen LogP contribution in [-0.2, 0) is 21.2 Å². The number of nitrogens with one attached hydrogen (secondary N) is 1. The molecule has 1 amide bonds. The van der Waals surface area contributed by atoms with Crippen molar-refractivity contribution < 1.29 is 18.3 Å². The molecule has 2 aromatic carbocycles. The second-order valence-corrected chi connectivity index (χ2v) is 15.5. The summed E-state index contributed by atoms with van der Waals surface area (Å²) in [5.74, 6) is -0.358. The number of sulfonamides is 1. The second-order valence-electron chi connectivity index (χ2n) is 10.3. The SMILES string of the molecule is BCS(=O)(=O)NC1C(Cc2cccc(-c3ccccc3)c2B)N(C(=O)C(O)C(C)(P)P)CC12CC2. The molecule has 186 valence electrons. The second kappa shape index (κ2) is 9.91. The van der Waals surface area contributed by atoms with Gasteiger partial charge in [0.2, 0.25) is 10.0 Å². The first-order chi connectivity index (χ1) is 16.4. The van der Waals surface area contributed by atoms with Gasteiger partial charge < -0.3 is 10.0 Å². The molecule has 2 aliphatic rings. The number of likely N-dealkylation sites (tertiary alicyclic amines) is 1. The van der Waals surface area contributed by atoms with Crippen molar-refractivity contribution in [1.82, 2.24) is 9.62 Å². The fourth-order valence-corrected chi connectivity index (χ4v) is 6.45. The van der Waals surface area contributed by atoms with E-state index in [0.717, 1.165) is 35.0 Å². The van der Waals surface area contributed by atoms with E-state index in [9.17, 15) is 18.3 Å². The Morgan fingerprint density at radius 3 is 2.46 bits per heavy atom. The lowest BCUT2D eigenvalue weighted by molar-refractivity contribution is -0.141. The molecule has 1 spiro atoms. The molecule has 1 saturated carbocycles. The van der Waals surface area contributed by atoms with E-state index in [4.69, 9.17) is 0 Å². The lowest BCUT2D eigenvalue weighted by Crippen LogP contribution is -2.53. The average molecular weight is 530 g/mol.